The highest BCUT2D eigenvalue weighted by Gasteiger charge is 2.11. The zero-order valence-electron chi connectivity index (χ0n) is 13.9. The van der Waals surface area contributed by atoms with Crippen LogP contribution in [-0.2, 0) is 14.3 Å². The van der Waals surface area contributed by atoms with E-state index in [2.05, 4.69) is 10.1 Å². The molecule has 0 heterocycles. The number of halogens is 2. The minimum Gasteiger partial charge on any atom is -0.481 e. The molecule has 1 amide bonds. The van der Waals surface area contributed by atoms with Gasteiger partial charge >= 0.3 is 12.6 Å². The van der Waals surface area contributed by atoms with Gasteiger partial charge in [-0.1, -0.05) is 12.1 Å². The molecule has 0 aliphatic heterocycles. The number of esters is 1. The van der Waals surface area contributed by atoms with Gasteiger partial charge < -0.3 is 19.5 Å². The summed E-state index contributed by atoms with van der Waals surface area (Å²) in [5.74, 6) is -1.24. The molecule has 27 heavy (non-hydrogen) atoms. The Labute approximate surface area is 153 Å². The van der Waals surface area contributed by atoms with Gasteiger partial charge in [-0.15, -0.1) is 0 Å². The molecule has 0 bridgehead atoms. The molecular weight excluding hydrogens is 362 g/mol. The minimum absolute atomic E-state index is 0.0516. The topological polar surface area (TPSA) is 97.6 Å². The Morgan fingerprint density at radius 1 is 1.07 bits per heavy atom. The lowest BCUT2D eigenvalue weighted by molar-refractivity contribution is -0.149. The number of nitriles is 1. The number of nitrogens with zero attached hydrogens (tertiary/aromatic N) is 1. The second kappa shape index (κ2) is 9.72. The number of alkyl halides is 2. The molecule has 9 heteroatoms. The standard InChI is InChI=1S/C18H14F2N2O5/c19-18(20)27-14-7-5-13(6-8-14)22-16(23)10-26-17(24)11-25-15-4-2-1-3-12(15)9-21/h1-8,18H,10-11H2,(H,22,23). The van der Waals surface area contributed by atoms with Crippen molar-refractivity contribution in [3.63, 3.8) is 0 Å². The second-order valence-corrected chi connectivity index (χ2v) is 5.01. The smallest absolute Gasteiger partial charge is 0.387 e. The molecule has 0 radical (unpaired) electrons. The molecule has 0 unspecified atom stereocenters. The number of carbonyl (C=O) groups excluding carboxylic acids is 2. The molecule has 0 aliphatic carbocycles. The summed E-state index contributed by atoms with van der Waals surface area (Å²) in [7, 11) is 0. The fraction of sp³-hybridized carbons (Fsp3) is 0.167. The van der Waals surface area contributed by atoms with E-state index in [-0.39, 0.29) is 17.1 Å². The Balaban J connectivity index is 1.75. The lowest BCUT2D eigenvalue weighted by Gasteiger charge is -2.09. The van der Waals surface area contributed by atoms with E-state index in [0.29, 0.717) is 5.69 Å². The number of para-hydroxylation sites is 1. The van der Waals surface area contributed by atoms with E-state index in [9.17, 15) is 18.4 Å². The Hall–Kier alpha value is -3.67. The first-order valence-corrected chi connectivity index (χ1v) is 7.60. The normalized spacial score (nSPS) is 10.0. The average Bonchev–Trinajstić information content (AvgIpc) is 2.66. The quantitative estimate of drug-likeness (QED) is 0.712. The third-order valence-corrected chi connectivity index (χ3v) is 3.08. The molecule has 7 nitrogen and oxygen atoms in total. The summed E-state index contributed by atoms with van der Waals surface area (Å²) in [6, 6.07) is 13.5. The SMILES string of the molecule is N#Cc1ccccc1OCC(=O)OCC(=O)Nc1ccc(OC(F)F)cc1. The van der Waals surface area contributed by atoms with Crippen molar-refractivity contribution < 1.29 is 32.6 Å². The molecule has 1 N–H and O–H groups in total. The van der Waals surface area contributed by atoms with Crippen molar-refractivity contribution in [2.24, 2.45) is 0 Å². The van der Waals surface area contributed by atoms with Crippen LogP contribution in [0.3, 0.4) is 0 Å². The van der Waals surface area contributed by atoms with Crippen LogP contribution in [-0.4, -0.2) is 31.7 Å². The third-order valence-electron chi connectivity index (χ3n) is 3.08. The minimum atomic E-state index is -2.94. The first-order chi connectivity index (χ1) is 13.0. The summed E-state index contributed by atoms with van der Waals surface area (Å²) in [5, 5.41) is 11.3. The number of ether oxygens (including phenoxy) is 3. The largest absolute Gasteiger partial charge is 0.481 e. The Bertz CT molecular complexity index is 834. The van der Waals surface area contributed by atoms with Crippen LogP contribution >= 0.6 is 0 Å². The number of nitrogens with one attached hydrogen (secondary N) is 1. The van der Waals surface area contributed by atoms with E-state index in [4.69, 9.17) is 14.7 Å². The van der Waals surface area contributed by atoms with Gasteiger partial charge in [-0.3, -0.25) is 4.79 Å². The number of hydrogen-bond donors (Lipinski definition) is 1. The lowest BCUT2D eigenvalue weighted by Crippen LogP contribution is -2.23. The number of benzene rings is 2. The van der Waals surface area contributed by atoms with E-state index in [1.165, 1.54) is 36.4 Å². The van der Waals surface area contributed by atoms with E-state index in [1.54, 1.807) is 12.1 Å². The summed E-state index contributed by atoms with van der Waals surface area (Å²) in [6.45, 7) is -3.96. The molecular formula is C18H14F2N2O5. The van der Waals surface area contributed by atoms with Crippen LogP contribution in [0.25, 0.3) is 0 Å². The van der Waals surface area contributed by atoms with Gasteiger partial charge in [0.05, 0.1) is 5.56 Å². The predicted molar refractivity (Wildman–Crippen MR) is 89.3 cm³/mol. The maximum atomic E-state index is 12.1. The zero-order chi connectivity index (χ0) is 19.6. The van der Waals surface area contributed by atoms with Crippen molar-refractivity contribution in [2.45, 2.75) is 6.61 Å². The maximum absolute atomic E-state index is 12.1. The predicted octanol–water partition coefficient (Wildman–Crippen LogP) is 2.72. The van der Waals surface area contributed by atoms with Gasteiger partial charge in [0.2, 0.25) is 0 Å². The van der Waals surface area contributed by atoms with Gasteiger partial charge in [-0.05, 0) is 36.4 Å². The highest BCUT2D eigenvalue weighted by molar-refractivity contribution is 5.92. The number of amides is 1. The maximum Gasteiger partial charge on any atom is 0.387 e. The number of anilines is 1. The molecule has 0 fully saturated rings. The Kier molecular flexibility index (Phi) is 7.07. The molecule has 140 valence electrons. The molecule has 2 rings (SSSR count). The van der Waals surface area contributed by atoms with Gasteiger partial charge in [0.1, 0.15) is 17.6 Å². The third kappa shape index (κ3) is 6.62. The summed E-state index contributed by atoms with van der Waals surface area (Å²) in [5.41, 5.74) is 0.583. The molecule has 0 atom stereocenters. The second-order valence-electron chi connectivity index (χ2n) is 5.01. The van der Waals surface area contributed by atoms with Crippen molar-refractivity contribution in [2.75, 3.05) is 18.5 Å². The van der Waals surface area contributed by atoms with Gasteiger partial charge in [0.25, 0.3) is 5.91 Å². The van der Waals surface area contributed by atoms with E-state index in [0.717, 1.165) is 0 Å². The van der Waals surface area contributed by atoms with Crippen LogP contribution in [0.15, 0.2) is 48.5 Å². The number of hydrogen-bond acceptors (Lipinski definition) is 6. The van der Waals surface area contributed by atoms with Crippen LogP contribution in [0.5, 0.6) is 11.5 Å². The molecule has 0 spiro atoms. The van der Waals surface area contributed by atoms with Crippen molar-refractivity contribution in [1.29, 1.82) is 5.26 Å². The first-order valence-electron chi connectivity index (χ1n) is 7.60. The molecule has 2 aromatic rings. The van der Waals surface area contributed by atoms with Crippen molar-refractivity contribution in [3.05, 3.63) is 54.1 Å². The molecule has 0 aliphatic rings. The van der Waals surface area contributed by atoms with Gasteiger partial charge in [-0.25, -0.2) is 4.79 Å². The summed E-state index contributed by atoms with van der Waals surface area (Å²) in [6.07, 6.45) is 0. The Morgan fingerprint density at radius 2 is 1.78 bits per heavy atom. The fourth-order valence-corrected chi connectivity index (χ4v) is 1.93. The lowest BCUT2D eigenvalue weighted by atomic mass is 10.2. The van der Waals surface area contributed by atoms with Gasteiger partial charge in [0, 0.05) is 5.69 Å². The van der Waals surface area contributed by atoms with Crippen molar-refractivity contribution >= 4 is 17.6 Å². The highest BCUT2D eigenvalue weighted by atomic mass is 19.3. The monoisotopic (exact) mass is 376 g/mol. The molecule has 2 aromatic carbocycles. The average molecular weight is 376 g/mol. The van der Waals surface area contributed by atoms with Crippen molar-refractivity contribution in [1.82, 2.24) is 0 Å². The van der Waals surface area contributed by atoms with Crippen LogP contribution in [0.2, 0.25) is 0 Å². The van der Waals surface area contributed by atoms with E-state index >= 15 is 0 Å². The van der Waals surface area contributed by atoms with Crippen LogP contribution < -0.4 is 14.8 Å². The summed E-state index contributed by atoms with van der Waals surface area (Å²) >= 11 is 0. The van der Waals surface area contributed by atoms with E-state index < -0.39 is 31.7 Å². The van der Waals surface area contributed by atoms with Gasteiger partial charge in [0.15, 0.2) is 13.2 Å². The van der Waals surface area contributed by atoms with E-state index in [1.807, 2.05) is 6.07 Å². The molecule has 0 saturated heterocycles. The summed E-state index contributed by atoms with van der Waals surface area (Å²) < 4.78 is 38.2. The van der Waals surface area contributed by atoms with Crippen LogP contribution in [0.1, 0.15) is 5.56 Å². The number of carbonyl (C=O) groups is 2. The molecule has 0 aromatic heterocycles. The first kappa shape index (κ1) is 19.7. The van der Waals surface area contributed by atoms with Crippen LogP contribution in [0, 0.1) is 11.3 Å². The number of rotatable bonds is 8. The highest BCUT2D eigenvalue weighted by Crippen LogP contribution is 2.18. The van der Waals surface area contributed by atoms with Crippen LogP contribution in [0.4, 0.5) is 14.5 Å². The zero-order valence-corrected chi connectivity index (χ0v) is 13.9. The fourth-order valence-electron chi connectivity index (χ4n) is 1.93. The summed E-state index contributed by atoms with van der Waals surface area (Å²) in [4.78, 5) is 23.4. The Morgan fingerprint density at radius 3 is 2.44 bits per heavy atom. The van der Waals surface area contributed by atoms with Crippen molar-refractivity contribution in [3.8, 4) is 17.6 Å². The molecule has 0 saturated carbocycles. The van der Waals surface area contributed by atoms with Gasteiger partial charge in [-0.2, -0.15) is 14.0 Å².